The van der Waals surface area contributed by atoms with Crippen LogP contribution in [0.25, 0.3) is 0 Å². The summed E-state index contributed by atoms with van der Waals surface area (Å²) in [5.41, 5.74) is 0. The van der Waals surface area contributed by atoms with E-state index in [-0.39, 0.29) is 12.8 Å². The topological polar surface area (TPSA) is 483 Å². The lowest BCUT2D eigenvalue weighted by atomic mass is 9.93. The molecule has 6 aliphatic rings. The molecule has 424 valence electrons. The Morgan fingerprint density at radius 3 is 1.21 bits per heavy atom. The highest BCUT2D eigenvalue weighted by Crippen LogP contribution is 2.37. The van der Waals surface area contributed by atoms with Crippen molar-refractivity contribution in [3.8, 4) is 0 Å². The molecule has 18 N–H and O–H groups in total. The Labute approximate surface area is 416 Å². The summed E-state index contributed by atoms with van der Waals surface area (Å²) in [6.07, 6.45) is -49.6. The monoisotopic (exact) mass is 1070 g/mol. The van der Waals surface area contributed by atoms with E-state index < -0.39 is 222 Å². The van der Waals surface area contributed by atoms with Gasteiger partial charge in [0.15, 0.2) is 37.7 Å². The molecular weight excluding hydrogens is 996 g/mol. The van der Waals surface area contributed by atoms with Gasteiger partial charge < -0.3 is 144 Å². The van der Waals surface area contributed by atoms with Gasteiger partial charge in [-0.3, -0.25) is 9.59 Å². The van der Waals surface area contributed by atoms with Crippen LogP contribution < -0.4 is 10.6 Å². The van der Waals surface area contributed by atoms with Gasteiger partial charge in [0.1, 0.15) is 134 Å². The third kappa shape index (κ3) is 12.9. The molecule has 30 atom stereocenters. The lowest BCUT2D eigenvalue weighted by Crippen LogP contribution is -2.70. The maximum absolute atomic E-state index is 12.6. The highest BCUT2D eigenvalue weighted by Gasteiger charge is 2.58. The smallest absolute Gasteiger partial charge is 0.217 e. The minimum atomic E-state index is -2.10. The zero-order chi connectivity index (χ0) is 53.9. The molecule has 6 fully saturated rings. The van der Waals surface area contributed by atoms with E-state index in [4.69, 9.17) is 52.1 Å². The third-order valence-corrected chi connectivity index (χ3v) is 13.7. The van der Waals surface area contributed by atoms with Crippen LogP contribution in [-0.4, -0.2) is 304 Å². The maximum atomic E-state index is 12.6. The molecule has 6 saturated heterocycles. The SMILES string of the molecule is CCC1OC(OC2C(O)C(CO)OC(OC3C(O)C(CC)OC(OC4C(CO)OC(OC5C(O)C(CO)OC(OC6C(CO)OC(O)C(O)C6O)C5O)C(NC(C)=O)C4O)C3O)C2NC(C)=O)C(O)C(O)C1O. The van der Waals surface area contributed by atoms with Crippen molar-refractivity contribution < 1.29 is 143 Å². The number of aliphatic hydroxyl groups excluding tert-OH is 16. The average Bonchev–Trinajstić information content (AvgIpc) is 3.35. The second-order valence-corrected chi connectivity index (χ2v) is 18.7. The summed E-state index contributed by atoms with van der Waals surface area (Å²) < 4.78 is 63.8. The first kappa shape index (κ1) is 60.1. The number of ether oxygens (including phenoxy) is 11. The predicted molar refractivity (Wildman–Crippen MR) is 229 cm³/mol. The van der Waals surface area contributed by atoms with Crippen LogP contribution in [0.5, 0.6) is 0 Å². The van der Waals surface area contributed by atoms with Crippen molar-refractivity contribution >= 4 is 11.8 Å². The van der Waals surface area contributed by atoms with Crippen LogP contribution in [0.4, 0.5) is 0 Å². The quantitative estimate of drug-likeness (QED) is 0.0606. The molecule has 0 spiro atoms. The number of hydrogen-bond donors (Lipinski definition) is 18. The minimum Gasteiger partial charge on any atom is -0.394 e. The van der Waals surface area contributed by atoms with Gasteiger partial charge in [0.25, 0.3) is 0 Å². The summed E-state index contributed by atoms with van der Waals surface area (Å²) in [5, 5.41) is 178. The van der Waals surface area contributed by atoms with Gasteiger partial charge in [0, 0.05) is 13.8 Å². The van der Waals surface area contributed by atoms with Crippen molar-refractivity contribution in [1.29, 1.82) is 0 Å². The molecule has 0 radical (unpaired) electrons. The Morgan fingerprint density at radius 1 is 0.356 bits per heavy atom. The molecule has 73 heavy (non-hydrogen) atoms. The van der Waals surface area contributed by atoms with Crippen LogP contribution >= 0.6 is 0 Å². The molecule has 0 aliphatic carbocycles. The van der Waals surface area contributed by atoms with Crippen molar-refractivity contribution in [2.75, 3.05) is 26.4 Å². The van der Waals surface area contributed by atoms with Crippen LogP contribution in [-0.2, 0) is 61.7 Å². The van der Waals surface area contributed by atoms with E-state index >= 15 is 0 Å². The molecule has 0 aromatic rings. The molecule has 2 amide bonds. The maximum Gasteiger partial charge on any atom is 0.217 e. The number of rotatable bonds is 18. The number of carbonyl (C=O) groups excluding carboxylic acids is 2. The lowest BCUT2D eigenvalue weighted by molar-refractivity contribution is -0.385. The van der Waals surface area contributed by atoms with E-state index in [9.17, 15) is 91.3 Å². The van der Waals surface area contributed by atoms with Gasteiger partial charge in [0.2, 0.25) is 11.8 Å². The first-order valence-corrected chi connectivity index (χ1v) is 23.9. The fraction of sp³-hybridized carbons (Fsp3) is 0.952. The number of aliphatic hydroxyl groups is 16. The Morgan fingerprint density at radius 2 is 0.712 bits per heavy atom. The molecule has 0 aromatic heterocycles. The molecule has 30 unspecified atom stereocenters. The zero-order valence-electron chi connectivity index (χ0n) is 40.0. The van der Waals surface area contributed by atoms with Crippen LogP contribution in [0.3, 0.4) is 0 Å². The van der Waals surface area contributed by atoms with Crippen molar-refractivity contribution in [3.05, 3.63) is 0 Å². The van der Waals surface area contributed by atoms with Crippen LogP contribution in [0.1, 0.15) is 40.5 Å². The highest BCUT2D eigenvalue weighted by atomic mass is 16.8. The van der Waals surface area contributed by atoms with E-state index in [0.29, 0.717) is 0 Å². The van der Waals surface area contributed by atoms with Crippen molar-refractivity contribution in [2.45, 2.75) is 225 Å². The number of carbonyl (C=O) groups is 2. The molecule has 6 rings (SSSR count). The second-order valence-electron chi connectivity index (χ2n) is 18.7. The van der Waals surface area contributed by atoms with Crippen molar-refractivity contribution in [3.63, 3.8) is 0 Å². The molecule has 0 aromatic carbocycles. The van der Waals surface area contributed by atoms with Crippen molar-refractivity contribution in [1.82, 2.24) is 10.6 Å². The summed E-state index contributed by atoms with van der Waals surface area (Å²) in [6.45, 7) is 1.54. The van der Waals surface area contributed by atoms with Crippen LogP contribution in [0, 0.1) is 0 Å². The van der Waals surface area contributed by atoms with E-state index in [1.165, 1.54) is 0 Å². The van der Waals surface area contributed by atoms with Crippen molar-refractivity contribution in [2.24, 2.45) is 0 Å². The fourth-order valence-electron chi connectivity index (χ4n) is 9.69. The Bertz CT molecular complexity index is 1740. The number of amides is 2. The van der Waals surface area contributed by atoms with Gasteiger partial charge in [-0.1, -0.05) is 13.8 Å². The largest absolute Gasteiger partial charge is 0.394 e. The minimum absolute atomic E-state index is 0.00947. The first-order chi connectivity index (χ1) is 34.5. The van der Waals surface area contributed by atoms with E-state index in [1.54, 1.807) is 13.8 Å². The average molecular weight is 1070 g/mol. The summed E-state index contributed by atoms with van der Waals surface area (Å²) in [4.78, 5) is 25.3. The van der Waals surface area contributed by atoms with Gasteiger partial charge >= 0.3 is 0 Å². The molecule has 6 heterocycles. The van der Waals surface area contributed by atoms with Gasteiger partial charge in [0.05, 0.1) is 38.6 Å². The highest BCUT2D eigenvalue weighted by molar-refractivity contribution is 5.73. The van der Waals surface area contributed by atoms with Crippen LogP contribution in [0.2, 0.25) is 0 Å². The molecule has 31 heteroatoms. The lowest BCUT2D eigenvalue weighted by Gasteiger charge is -2.51. The normalized spacial score (nSPS) is 49.8. The van der Waals surface area contributed by atoms with E-state index in [1.807, 2.05) is 0 Å². The zero-order valence-corrected chi connectivity index (χ0v) is 40.0. The number of nitrogens with one attached hydrogen (secondary N) is 2. The summed E-state index contributed by atoms with van der Waals surface area (Å²) in [7, 11) is 0. The van der Waals surface area contributed by atoms with Gasteiger partial charge in [-0.25, -0.2) is 0 Å². The third-order valence-electron chi connectivity index (χ3n) is 13.7. The Kier molecular flexibility index (Phi) is 21.4. The van der Waals surface area contributed by atoms with E-state index in [2.05, 4.69) is 10.6 Å². The molecular formula is C42H72N2O29. The fourth-order valence-corrected chi connectivity index (χ4v) is 9.69. The molecule has 0 saturated carbocycles. The van der Waals surface area contributed by atoms with Gasteiger partial charge in [-0.15, -0.1) is 0 Å². The molecule has 0 bridgehead atoms. The Balaban J connectivity index is 1.23. The second kappa shape index (κ2) is 26.0. The summed E-state index contributed by atoms with van der Waals surface area (Å²) in [5.74, 6) is -1.58. The van der Waals surface area contributed by atoms with E-state index in [0.717, 1.165) is 13.8 Å². The Hall–Kier alpha value is -2.14. The van der Waals surface area contributed by atoms with Gasteiger partial charge in [-0.2, -0.15) is 0 Å². The summed E-state index contributed by atoms with van der Waals surface area (Å²) >= 11 is 0. The summed E-state index contributed by atoms with van der Waals surface area (Å²) in [6, 6.07) is -3.34. The standard InChI is InChI=1S/C42H72N2O29/c1-5-13-21(51)26(56)29(59)40(64-13)71-34-20(44-12(4)50)39(66-15(7-45)23(34)53)73-35-22(52)14(6-2)65-41(30(35)60)69-32-18(10-48)68-38(19(25(32)55)43-11(3)49)72-36-24(54)16(8-46)67-42(31(36)61)70-33-17(9-47)63-37(62)28(58)27(33)57/h13-42,45-48,51-62H,5-10H2,1-4H3,(H,43,49)(H,44,50). The van der Waals surface area contributed by atoms with Gasteiger partial charge in [-0.05, 0) is 12.8 Å². The predicted octanol–water partition coefficient (Wildman–Crippen LogP) is -11.0. The first-order valence-electron chi connectivity index (χ1n) is 23.9. The molecule has 31 nitrogen and oxygen atoms in total. The molecule has 6 aliphatic heterocycles. The number of hydrogen-bond acceptors (Lipinski definition) is 29. The van der Waals surface area contributed by atoms with Crippen LogP contribution in [0.15, 0.2) is 0 Å².